The monoisotopic (exact) mass is 354 g/mol. The van der Waals surface area contributed by atoms with E-state index in [0.717, 1.165) is 48.9 Å². The number of aromatic nitrogens is 1. The molecular weight excluding hydrogens is 324 g/mol. The van der Waals surface area contributed by atoms with Crippen molar-refractivity contribution in [3.63, 3.8) is 0 Å². The fourth-order valence-corrected chi connectivity index (χ4v) is 3.43. The molecule has 0 saturated heterocycles. The quantitative estimate of drug-likeness (QED) is 0.561. The summed E-state index contributed by atoms with van der Waals surface area (Å²) in [5.74, 6) is 3.20. The number of nitrogens with one attached hydrogen (secondary N) is 2. The summed E-state index contributed by atoms with van der Waals surface area (Å²) >= 11 is 0. The zero-order valence-corrected chi connectivity index (χ0v) is 16.1. The highest BCUT2D eigenvalue weighted by Gasteiger charge is 2.37. The van der Waals surface area contributed by atoms with Crippen molar-refractivity contribution in [2.45, 2.75) is 52.5 Å². The molecule has 2 aromatic rings. The van der Waals surface area contributed by atoms with Crippen molar-refractivity contribution in [3.05, 3.63) is 52.9 Å². The molecule has 1 heterocycles. The molecular formula is C21H30N4O. The Balaban J connectivity index is 1.58. The minimum atomic E-state index is 0.609. The van der Waals surface area contributed by atoms with Gasteiger partial charge in [0.25, 0.3) is 0 Å². The predicted octanol–water partition coefficient (Wildman–Crippen LogP) is 3.66. The van der Waals surface area contributed by atoms with E-state index in [2.05, 4.69) is 66.9 Å². The van der Waals surface area contributed by atoms with E-state index in [-0.39, 0.29) is 0 Å². The van der Waals surface area contributed by atoms with E-state index in [9.17, 15) is 0 Å². The summed E-state index contributed by atoms with van der Waals surface area (Å²) in [4.78, 5) is 4.77. The largest absolute Gasteiger partial charge is 0.361 e. The van der Waals surface area contributed by atoms with Crippen molar-refractivity contribution < 1.29 is 4.52 Å². The van der Waals surface area contributed by atoms with Gasteiger partial charge in [0.15, 0.2) is 5.96 Å². The molecule has 2 atom stereocenters. The maximum atomic E-state index is 5.44. The van der Waals surface area contributed by atoms with E-state index in [4.69, 9.17) is 9.52 Å². The minimum absolute atomic E-state index is 0.609. The van der Waals surface area contributed by atoms with E-state index >= 15 is 0 Å². The minimum Gasteiger partial charge on any atom is -0.361 e. The lowest BCUT2D eigenvalue weighted by atomic mass is 10.1. The number of nitrogens with zero attached hydrogens (tertiary/aromatic N) is 2. The summed E-state index contributed by atoms with van der Waals surface area (Å²) in [5, 5.41) is 11.0. The molecule has 0 amide bonds. The number of hydrogen-bond donors (Lipinski definition) is 2. The Bertz CT molecular complexity index is 701. The van der Waals surface area contributed by atoms with Gasteiger partial charge in [-0.15, -0.1) is 0 Å². The Morgan fingerprint density at radius 3 is 2.65 bits per heavy atom. The number of benzene rings is 1. The van der Waals surface area contributed by atoms with E-state index < -0.39 is 0 Å². The number of aliphatic imine (C=N–C) groups is 1. The average molecular weight is 354 g/mol. The smallest absolute Gasteiger partial charge is 0.191 e. The van der Waals surface area contributed by atoms with Crippen molar-refractivity contribution in [2.75, 3.05) is 13.1 Å². The van der Waals surface area contributed by atoms with E-state index in [1.54, 1.807) is 0 Å². The van der Waals surface area contributed by atoms with Gasteiger partial charge in [-0.2, -0.15) is 0 Å². The van der Waals surface area contributed by atoms with Crippen molar-refractivity contribution in [1.29, 1.82) is 0 Å². The molecule has 0 spiro atoms. The number of rotatable bonds is 8. The summed E-state index contributed by atoms with van der Waals surface area (Å²) in [7, 11) is 0. The lowest BCUT2D eigenvalue weighted by molar-refractivity contribution is 0.380. The molecule has 26 heavy (non-hydrogen) atoms. The Morgan fingerprint density at radius 1 is 1.15 bits per heavy atom. The summed E-state index contributed by atoms with van der Waals surface area (Å²) in [6, 6.07) is 10.8. The number of aryl methyl sites for hydroxylation is 2. The molecule has 1 aliphatic rings. The summed E-state index contributed by atoms with van der Waals surface area (Å²) in [6.45, 7) is 8.70. The highest BCUT2D eigenvalue weighted by Crippen LogP contribution is 2.46. The molecule has 2 unspecified atom stereocenters. The van der Waals surface area contributed by atoms with Crippen LogP contribution in [0.3, 0.4) is 0 Å². The molecule has 2 N–H and O–H groups in total. The fraction of sp³-hybridized carbons (Fsp3) is 0.524. The third-order valence-electron chi connectivity index (χ3n) is 5.03. The van der Waals surface area contributed by atoms with Gasteiger partial charge >= 0.3 is 0 Å². The van der Waals surface area contributed by atoms with Gasteiger partial charge in [-0.1, -0.05) is 49.3 Å². The van der Waals surface area contributed by atoms with Crippen molar-refractivity contribution >= 4 is 5.96 Å². The maximum absolute atomic E-state index is 5.44. The first-order chi connectivity index (χ1) is 12.8. The highest BCUT2D eigenvalue weighted by atomic mass is 16.5. The van der Waals surface area contributed by atoms with Crippen LogP contribution in [0.1, 0.15) is 55.7 Å². The first kappa shape index (κ1) is 18.5. The maximum Gasteiger partial charge on any atom is 0.191 e. The van der Waals surface area contributed by atoms with Crippen LogP contribution >= 0.6 is 0 Å². The van der Waals surface area contributed by atoms with Crippen LogP contribution in [-0.2, 0) is 19.4 Å². The van der Waals surface area contributed by atoms with Crippen molar-refractivity contribution in [1.82, 2.24) is 15.8 Å². The predicted molar refractivity (Wildman–Crippen MR) is 105 cm³/mol. The Kier molecular flexibility index (Phi) is 6.31. The van der Waals surface area contributed by atoms with Crippen LogP contribution < -0.4 is 10.6 Å². The second-order valence-corrected chi connectivity index (χ2v) is 6.83. The standard InChI is InChI=1S/C21H30N4O/c1-4-19-18(20(5-2)26-25-19)14-24-21(22-6-3)23-13-16-12-17(16)15-10-8-7-9-11-15/h7-11,16-17H,4-6,12-14H2,1-3H3,(H2,22,23,24). The fourth-order valence-electron chi connectivity index (χ4n) is 3.43. The Morgan fingerprint density at radius 2 is 1.96 bits per heavy atom. The molecule has 1 aromatic carbocycles. The molecule has 5 nitrogen and oxygen atoms in total. The lowest BCUT2D eigenvalue weighted by Gasteiger charge is -2.11. The zero-order chi connectivity index (χ0) is 18.4. The molecule has 140 valence electrons. The van der Waals surface area contributed by atoms with Gasteiger partial charge in [0, 0.05) is 25.1 Å². The van der Waals surface area contributed by atoms with Gasteiger partial charge in [0.05, 0.1) is 12.2 Å². The Hall–Kier alpha value is -2.30. The van der Waals surface area contributed by atoms with Gasteiger partial charge in [-0.3, -0.25) is 0 Å². The molecule has 1 aromatic heterocycles. The van der Waals surface area contributed by atoms with Gasteiger partial charge in [0.2, 0.25) is 0 Å². The number of hydrogen-bond acceptors (Lipinski definition) is 3. The van der Waals surface area contributed by atoms with Crippen LogP contribution in [0.2, 0.25) is 0 Å². The second kappa shape index (κ2) is 8.88. The molecule has 1 saturated carbocycles. The van der Waals surface area contributed by atoms with Crippen LogP contribution in [0.25, 0.3) is 0 Å². The molecule has 3 rings (SSSR count). The van der Waals surface area contributed by atoms with Crippen LogP contribution in [0.15, 0.2) is 39.8 Å². The van der Waals surface area contributed by atoms with Gasteiger partial charge in [-0.05, 0) is 37.2 Å². The topological polar surface area (TPSA) is 62.5 Å². The van der Waals surface area contributed by atoms with Crippen LogP contribution in [0, 0.1) is 5.92 Å². The van der Waals surface area contributed by atoms with Gasteiger partial charge in [0.1, 0.15) is 5.76 Å². The first-order valence-corrected chi connectivity index (χ1v) is 9.80. The molecule has 0 bridgehead atoms. The molecule has 0 aliphatic heterocycles. The second-order valence-electron chi connectivity index (χ2n) is 6.83. The van der Waals surface area contributed by atoms with Crippen LogP contribution in [0.5, 0.6) is 0 Å². The normalized spacial score (nSPS) is 19.4. The molecule has 1 fully saturated rings. The third kappa shape index (κ3) is 4.45. The molecule has 1 aliphatic carbocycles. The van der Waals surface area contributed by atoms with E-state index in [0.29, 0.717) is 18.4 Å². The Labute approximate surface area is 156 Å². The lowest BCUT2D eigenvalue weighted by Crippen LogP contribution is -2.38. The summed E-state index contributed by atoms with van der Waals surface area (Å²) in [5.41, 5.74) is 3.61. The first-order valence-electron chi connectivity index (χ1n) is 9.80. The van der Waals surface area contributed by atoms with E-state index in [1.165, 1.54) is 12.0 Å². The van der Waals surface area contributed by atoms with Crippen LogP contribution in [-0.4, -0.2) is 24.2 Å². The van der Waals surface area contributed by atoms with E-state index in [1.807, 2.05) is 0 Å². The van der Waals surface area contributed by atoms with Gasteiger partial charge in [-0.25, -0.2) is 4.99 Å². The third-order valence-corrected chi connectivity index (χ3v) is 5.03. The summed E-state index contributed by atoms with van der Waals surface area (Å²) in [6.07, 6.45) is 2.98. The van der Waals surface area contributed by atoms with Crippen molar-refractivity contribution in [2.24, 2.45) is 10.9 Å². The SMILES string of the molecule is CCNC(=NCc1c(CC)noc1CC)NCC1CC1c1ccccc1. The molecule has 0 radical (unpaired) electrons. The van der Waals surface area contributed by atoms with Crippen LogP contribution in [0.4, 0.5) is 0 Å². The molecule has 5 heteroatoms. The summed E-state index contributed by atoms with van der Waals surface area (Å²) < 4.78 is 5.44. The highest BCUT2D eigenvalue weighted by molar-refractivity contribution is 5.79. The number of guanidine groups is 1. The van der Waals surface area contributed by atoms with Gasteiger partial charge < -0.3 is 15.2 Å². The zero-order valence-electron chi connectivity index (χ0n) is 16.1. The average Bonchev–Trinajstić information content (AvgIpc) is 3.35. The van der Waals surface area contributed by atoms with Crippen molar-refractivity contribution in [3.8, 4) is 0 Å².